The van der Waals surface area contributed by atoms with E-state index in [1.165, 1.54) is 0 Å². The second kappa shape index (κ2) is 3.69. The molecule has 0 saturated carbocycles. The maximum atomic E-state index is 13.1. The van der Waals surface area contributed by atoms with Crippen LogP contribution in [0.1, 0.15) is 26.2 Å². The predicted molar refractivity (Wildman–Crippen MR) is 45.5 cm³/mol. The van der Waals surface area contributed by atoms with Crippen LogP contribution in [0, 0.1) is 5.92 Å². The maximum Gasteiger partial charge on any atom is 0.250 e. The van der Waals surface area contributed by atoms with E-state index in [-0.39, 0.29) is 12.3 Å². The predicted octanol–water partition coefficient (Wildman–Crippen LogP) is 2.37. The summed E-state index contributed by atoms with van der Waals surface area (Å²) >= 11 is 0. The lowest BCUT2D eigenvalue weighted by molar-refractivity contribution is -0.0792. The molecule has 0 unspecified atom stereocenters. The van der Waals surface area contributed by atoms with Crippen molar-refractivity contribution >= 4 is 0 Å². The first-order valence-electron chi connectivity index (χ1n) is 4.62. The van der Waals surface area contributed by atoms with Crippen LogP contribution >= 0.6 is 0 Å². The molecule has 1 aliphatic heterocycles. The normalized spacial score (nSPS) is 23.0. The molecule has 1 nitrogen and oxygen atoms in total. The molecule has 0 atom stereocenters. The van der Waals surface area contributed by atoms with Gasteiger partial charge in [-0.25, -0.2) is 8.78 Å². The number of hydrogen-bond acceptors (Lipinski definition) is 1. The fraction of sp³-hybridized carbons (Fsp3) is 1.00. The first kappa shape index (κ1) is 9.90. The maximum absolute atomic E-state index is 13.1. The molecular formula is C9H17F2N. The van der Waals surface area contributed by atoms with Crippen molar-refractivity contribution < 1.29 is 8.78 Å². The summed E-state index contributed by atoms with van der Waals surface area (Å²) in [4.78, 5) is 2.11. The molecule has 0 aromatic heterocycles. The van der Waals surface area contributed by atoms with Gasteiger partial charge in [-0.3, -0.25) is 0 Å². The largest absolute Gasteiger partial charge is 0.306 e. The standard InChI is InChI=1S/C9H17F2N/c1-3-9(10,11)8-4-6-12(2)7-5-8/h8H,3-7H2,1-2H3. The fourth-order valence-corrected chi connectivity index (χ4v) is 1.72. The van der Waals surface area contributed by atoms with Gasteiger partial charge in [-0.2, -0.15) is 0 Å². The summed E-state index contributed by atoms with van der Waals surface area (Å²) in [6.45, 7) is 3.21. The minimum absolute atomic E-state index is 0.0125. The van der Waals surface area contributed by atoms with Gasteiger partial charge >= 0.3 is 0 Å². The van der Waals surface area contributed by atoms with Gasteiger partial charge in [0.25, 0.3) is 5.92 Å². The Morgan fingerprint density at radius 2 is 1.83 bits per heavy atom. The van der Waals surface area contributed by atoms with Gasteiger partial charge in [0.1, 0.15) is 0 Å². The molecule has 0 spiro atoms. The Balaban J connectivity index is 2.44. The van der Waals surface area contributed by atoms with Crippen molar-refractivity contribution in [2.75, 3.05) is 20.1 Å². The van der Waals surface area contributed by atoms with E-state index in [1.807, 2.05) is 7.05 Å². The molecule has 12 heavy (non-hydrogen) atoms. The Morgan fingerprint density at radius 3 is 2.25 bits per heavy atom. The van der Waals surface area contributed by atoms with Crippen LogP contribution in [-0.4, -0.2) is 31.0 Å². The van der Waals surface area contributed by atoms with Crippen molar-refractivity contribution in [3.8, 4) is 0 Å². The van der Waals surface area contributed by atoms with Crippen LogP contribution in [0.25, 0.3) is 0 Å². The number of alkyl halides is 2. The van der Waals surface area contributed by atoms with Crippen LogP contribution in [0.4, 0.5) is 8.78 Å². The molecule has 72 valence electrons. The van der Waals surface area contributed by atoms with E-state index in [4.69, 9.17) is 0 Å². The molecule has 1 saturated heterocycles. The molecule has 0 bridgehead atoms. The minimum Gasteiger partial charge on any atom is -0.306 e. The van der Waals surface area contributed by atoms with Gasteiger partial charge < -0.3 is 4.90 Å². The van der Waals surface area contributed by atoms with E-state index in [0.29, 0.717) is 12.8 Å². The van der Waals surface area contributed by atoms with Crippen molar-refractivity contribution in [2.24, 2.45) is 5.92 Å². The van der Waals surface area contributed by atoms with Crippen LogP contribution in [0.2, 0.25) is 0 Å². The molecule has 1 aliphatic rings. The molecule has 0 N–H and O–H groups in total. The molecule has 0 radical (unpaired) electrons. The molecule has 0 amide bonds. The van der Waals surface area contributed by atoms with E-state index >= 15 is 0 Å². The highest BCUT2D eigenvalue weighted by molar-refractivity contribution is 4.80. The Morgan fingerprint density at radius 1 is 1.33 bits per heavy atom. The summed E-state index contributed by atoms with van der Waals surface area (Å²) in [6, 6.07) is 0. The molecule has 3 heteroatoms. The molecule has 1 fully saturated rings. The average Bonchev–Trinajstić information content (AvgIpc) is 2.05. The van der Waals surface area contributed by atoms with Crippen molar-refractivity contribution in [3.63, 3.8) is 0 Å². The minimum atomic E-state index is -2.43. The fourth-order valence-electron chi connectivity index (χ4n) is 1.72. The van der Waals surface area contributed by atoms with Gasteiger partial charge in [0, 0.05) is 12.3 Å². The Bertz CT molecular complexity index is 139. The van der Waals surface area contributed by atoms with Gasteiger partial charge in [-0.05, 0) is 33.0 Å². The average molecular weight is 177 g/mol. The van der Waals surface area contributed by atoms with E-state index in [0.717, 1.165) is 13.1 Å². The molecular weight excluding hydrogens is 160 g/mol. The van der Waals surface area contributed by atoms with Crippen LogP contribution in [-0.2, 0) is 0 Å². The van der Waals surface area contributed by atoms with E-state index in [9.17, 15) is 8.78 Å². The topological polar surface area (TPSA) is 3.24 Å². The van der Waals surface area contributed by atoms with Crippen LogP contribution in [0.5, 0.6) is 0 Å². The number of rotatable bonds is 2. The lowest BCUT2D eigenvalue weighted by Crippen LogP contribution is -2.38. The molecule has 0 aromatic carbocycles. The Kier molecular flexibility index (Phi) is 3.04. The number of halogens is 2. The Labute approximate surface area is 72.7 Å². The zero-order valence-corrected chi connectivity index (χ0v) is 7.82. The van der Waals surface area contributed by atoms with Crippen molar-refractivity contribution in [1.29, 1.82) is 0 Å². The third-order valence-electron chi connectivity index (χ3n) is 2.79. The first-order chi connectivity index (χ1) is 5.56. The third kappa shape index (κ3) is 2.16. The molecule has 1 rings (SSSR count). The third-order valence-corrected chi connectivity index (χ3v) is 2.79. The zero-order valence-electron chi connectivity index (χ0n) is 7.82. The quantitative estimate of drug-likeness (QED) is 0.626. The van der Waals surface area contributed by atoms with Crippen LogP contribution < -0.4 is 0 Å². The van der Waals surface area contributed by atoms with Gasteiger partial charge in [-0.1, -0.05) is 6.92 Å². The van der Waals surface area contributed by atoms with Crippen LogP contribution in [0.3, 0.4) is 0 Å². The SMILES string of the molecule is CCC(F)(F)C1CCN(C)CC1. The van der Waals surface area contributed by atoms with Crippen molar-refractivity contribution in [3.05, 3.63) is 0 Å². The highest BCUT2D eigenvalue weighted by Gasteiger charge is 2.38. The second-order valence-corrected chi connectivity index (χ2v) is 3.69. The summed E-state index contributed by atoms with van der Waals surface area (Å²) in [5.74, 6) is -2.81. The number of likely N-dealkylation sites (tertiary alicyclic amines) is 1. The number of piperidine rings is 1. The number of hydrogen-bond donors (Lipinski definition) is 0. The molecule has 0 aliphatic carbocycles. The van der Waals surface area contributed by atoms with Gasteiger partial charge in [-0.15, -0.1) is 0 Å². The zero-order chi connectivity index (χ0) is 9.19. The summed E-state index contributed by atoms with van der Waals surface area (Å²) in [5, 5.41) is 0. The summed E-state index contributed by atoms with van der Waals surface area (Å²) in [5.41, 5.74) is 0. The molecule has 1 heterocycles. The van der Waals surface area contributed by atoms with E-state index < -0.39 is 5.92 Å². The second-order valence-electron chi connectivity index (χ2n) is 3.69. The van der Waals surface area contributed by atoms with E-state index in [1.54, 1.807) is 6.92 Å². The van der Waals surface area contributed by atoms with Crippen molar-refractivity contribution in [1.82, 2.24) is 4.90 Å². The van der Waals surface area contributed by atoms with Gasteiger partial charge in [0.2, 0.25) is 0 Å². The lowest BCUT2D eigenvalue weighted by Gasteiger charge is -2.33. The smallest absolute Gasteiger partial charge is 0.250 e. The summed E-state index contributed by atoms with van der Waals surface area (Å²) in [6.07, 6.45) is 1.29. The first-order valence-corrected chi connectivity index (χ1v) is 4.62. The lowest BCUT2D eigenvalue weighted by atomic mass is 9.89. The van der Waals surface area contributed by atoms with E-state index in [2.05, 4.69) is 4.90 Å². The summed E-state index contributed by atoms with van der Waals surface area (Å²) < 4.78 is 26.3. The Hall–Kier alpha value is -0.180. The van der Waals surface area contributed by atoms with Gasteiger partial charge in [0.05, 0.1) is 0 Å². The van der Waals surface area contributed by atoms with Crippen molar-refractivity contribution in [2.45, 2.75) is 32.1 Å². The van der Waals surface area contributed by atoms with Crippen LogP contribution in [0.15, 0.2) is 0 Å². The highest BCUT2D eigenvalue weighted by atomic mass is 19.3. The highest BCUT2D eigenvalue weighted by Crippen LogP contribution is 2.34. The number of nitrogens with zero attached hydrogens (tertiary/aromatic N) is 1. The summed E-state index contributed by atoms with van der Waals surface area (Å²) in [7, 11) is 1.99. The monoisotopic (exact) mass is 177 g/mol. The van der Waals surface area contributed by atoms with Gasteiger partial charge in [0.15, 0.2) is 0 Å². The molecule has 0 aromatic rings.